The minimum Gasteiger partial charge on any atom is -0.550 e. The van der Waals surface area contributed by atoms with Crippen molar-refractivity contribution in [2.45, 2.75) is 74.8 Å². The van der Waals surface area contributed by atoms with Crippen LogP contribution in [-0.2, 0) is 28.8 Å². The summed E-state index contributed by atoms with van der Waals surface area (Å²) >= 11 is 0. The van der Waals surface area contributed by atoms with Crippen molar-refractivity contribution in [1.29, 1.82) is 0 Å². The van der Waals surface area contributed by atoms with Gasteiger partial charge in [0.25, 0.3) is 34.4 Å². The number of likely N-dealkylation sites (N-methyl/N-ethyl adjacent to an activating group) is 3. The Bertz CT molecular complexity index is 3730. The Morgan fingerprint density at radius 3 is 0.940 bits per heavy atom. The van der Waals surface area contributed by atoms with E-state index in [0.717, 1.165) is 5.69 Å². The zero-order chi connectivity index (χ0) is 72.4. The van der Waals surface area contributed by atoms with Gasteiger partial charge in [0.1, 0.15) is 35.2 Å². The Morgan fingerprint density at radius 1 is 0.460 bits per heavy atom. The number of nitrogens with zero attached hydrogens (tertiary/aromatic N) is 6. The molecule has 22 N–H and O–H groups in total. The molecule has 3 aliphatic heterocycles. The fourth-order valence-corrected chi connectivity index (χ4v) is 10.2. The van der Waals surface area contributed by atoms with Gasteiger partial charge in [0.15, 0.2) is 17.5 Å². The Kier molecular flexibility index (Phi) is 27.5. The monoisotopic (exact) mass is 1420 g/mol. The number of aromatic nitrogens is 6. The molecule has 0 spiro atoms. The molecular formula is C60H73CaN21O18. The standard InChI is InChI=1S/3C20H25N7O6.Ca/c3*1-27-12(9-23-16-15(27)18(31)26-20(21)25-16)8-22-11-4-2-10(3-5-11)17(30)24-13(19(32)33)6-7-14(28)29;/h3*2-5,12-13,22H,6-9H2,1H3,(H,24,30)(H,28,29)(H,32,33)(H4,21,23,25,26,31);/q;;;+2/p-2/t3*12?,13-;/m000./s1. The summed E-state index contributed by atoms with van der Waals surface area (Å²) < 4.78 is 0. The minimum absolute atomic E-state index is 0. The number of aromatic amines is 3. The number of anilines is 12. The molecule has 0 saturated heterocycles. The molecule has 6 heterocycles. The van der Waals surface area contributed by atoms with Crippen molar-refractivity contribution in [3.8, 4) is 0 Å². The molecule has 6 aromatic rings. The predicted molar refractivity (Wildman–Crippen MR) is 362 cm³/mol. The third-order valence-corrected chi connectivity index (χ3v) is 15.8. The second-order valence-corrected chi connectivity index (χ2v) is 22.6. The first-order chi connectivity index (χ1) is 47.0. The van der Waals surface area contributed by atoms with Crippen LogP contribution in [0.5, 0.6) is 0 Å². The fraction of sp³-hybridized carbons (Fsp3) is 0.350. The van der Waals surface area contributed by atoms with Gasteiger partial charge >= 0.3 is 61.6 Å². The van der Waals surface area contributed by atoms with E-state index in [4.69, 9.17) is 32.5 Å². The van der Waals surface area contributed by atoms with Crippen LogP contribution < -0.4 is 107 Å². The molecule has 3 aliphatic rings. The normalized spacial score (nSPS) is 15.5. The molecule has 0 bridgehead atoms. The van der Waals surface area contributed by atoms with Crippen LogP contribution in [0.15, 0.2) is 87.2 Å². The van der Waals surface area contributed by atoms with E-state index >= 15 is 0 Å². The zero-order valence-corrected chi connectivity index (χ0v) is 56.2. The molecule has 0 saturated carbocycles. The molecule has 9 rings (SSSR count). The molecule has 0 fully saturated rings. The van der Waals surface area contributed by atoms with E-state index in [2.05, 4.69) is 77.8 Å². The van der Waals surface area contributed by atoms with Crippen LogP contribution in [-0.4, -0.2) is 238 Å². The summed E-state index contributed by atoms with van der Waals surface area (Å²) in [5.41, 5.74) is 19.7. The van der Waals surface area contributed by atoms with Crippen LogP contribution in [0.3, 0.4) is 0 Å². The van der Waals surface area contributed by atoms with Gasteiger partial charge in [-0.25, -0.2) is 14.4 Å². The molecule has 3 aromatic heterocycles. The number of nitrogen functional groups attached to an aromatic ring is 3. The van der Waals surface area contributed by atoms with Gasteiger partial charge in [-0.2, -0.15) is 15.0 Å². The molecule has 3 amide bonds. The summed E-state index contributed by atoms with van der Waals surface area (Å²) in [6.07, 6.45) is -2.10. The number of nitrogens with two attached hydrogens (primary N) is 3. The number of carboxylic acids is 6. The van der Waals surface area contributed by atoms with Crippen LogP contribution in [0.25, 0.3) is 0 Å². The zero-order valence-electron chi connectivity index (χ0n) is 54.0. The maximum atomic E-state index is 12.3. The Morgan fingerprint density at radius 2 is 0.710 bits per heavy atom. The number of nitrogens with one attached hydrogen (secondary N) is 12. The van der Waals surface area contributed by atoms with E-state index in [1.807, 2.05) is 14.7 Å². The van der Waals surface area contributed by atoms with Crippen molar-refractivity contribution >= 4 is 161 Å². The topological polar surface area (TPSA) is 614 Å². The second kappa shape index (κ2) is 35.6. The largest absolute Gasteiger partial charge is 2.00 e. The molecule has 6 atom stereocenters. The number of benzene rings is 3. The van der Waals surface area contributed by atoms with Crippen LogP contribution >= 0.6 is 0 Å². The van der Waals surface area contributed by atoms with Crippen molar-refractivity contribution in [2.75, 3.05) is 124 Å². The number of hydrogen-bond donors (Lipinski definition) is 19. The van der Waals surface area contributed by atoms with Crippen LogP contribution in [0, 0.1) is 0 Å². The number of hydrogen-bond acceptors (Lipinski definition) is 29. The smallest absolute Gasteiger partial charge is 0.550 e. The van der Waals surface area contributed by atoms with Crippen molar-refractivity contribution in [1.82, 2.24) is 45.9 Å². The maximum absolute atomic E-state index is 12.3. The third kappa shape index (κ3) is 21.4. The number of aliphatic carboxylic acids is 6. The molecule has 39 nitrogen and oxygen atoms in total. The number of H-pyrrole nitrogens is 3. The van der Waals surface area contributed by atoms with Crippen molar-refractivity contribution < 1.29 is 73.8 Å². The van der Waals surface area contributed by atoms with Crippen molar-refractivity contribution in [2.24, 2.45) is 0 Å². The van der Waals surface area contributed by atoms with E-state index in [-0.39, 0.29) is 133 Å². The van der Waals surface area contributed by atoms with E-state index in [0.29, 0.717) is 85.2 Å². The van der Waals surface area contributed by atoms with Gasteiger partial charge in [0.2, 0.25) is 17.8 Å². The van der Waals surface area contributed by atoms with E-state index in [1.165, 1.54) is 36.4 Å². The number of carbonyl (C=O) groups is 9. The third-order valence-electron chi connectivity index (χ3n) is 15.8. The van der Waals surface area contributed by atoms with Crippen LogP contribution in [0.1, 0.15) is 69.6 Å². The van der Waals surface area contributed by atoms with Gasteiger partial charge in [-0.05, 0) is 105 Å². The molecule has 528 valence electrons. The molecular weight excluding hydrogens is 1340 g/mol. The summed E-state index contributed by atoms with van der Waals surface area (Å²) in [7, 11) is 5.35. The minimum atomic E-state index is -1.39. The van der Waals surface area contributed by atoms with Crippen molar-refractivity contribution in [3.63, 3.8) is 0 Å². The number of fused-ring (bicyclic) bond motifs is 3. The SMILES string of the molecule is CN1c2c(nc(N)[nH]c2=O)NCC1CNc1ccc(C(=O)N[C@@H](CCC(=O)O)C(=O)O)cc1.CN1c2c(nc(N)[nH]c2=O)NCC1CNc1ccc(C(=O)N[C@@H](CCC(=O)[O-])C(=O)O)cc1.CN1c2c(nc(N)[nH]c2=O)NCC1CNc1ccc(C(=O)N[C@@H](CCC(=O)[O-])C(=O)O)cc1.[Ca+2]. The van der Waals surface area contributed by atoms with E-state index < -0.39 is 84.5 Å². The summed E-state index contributed by atoms with van der Waals surface area (Å²) in [6, 6.07) is 14.9. The maximum Gasteiger partial charge on any atom is 2.00 e. The second-order valence-electron chi connectivity index (χ2n) is 22.6. The van der Waals surface area contributed by atoms with Gasteiger partial charge in [-0.3, -0.25) is 48.5 Å². The summed E-state index contributed by atoms with van der Waals surface area (Å²) in [5.74, 6) is -8.38. The predicted octanol–water partition coefficient (Wildman–Crippen LogP) is -3.82. The summed E-state index contributed by atoms with van der Waals surface area (Å²) in [5, 5.41) is 83.2. The summed E-state index contributed by atoms with van der Waals surface area (Å²) in [6.45, 7) is 3.00. The molecule has 40 heteroatoms. The van der Waals surface area contributed by atoms with Crippen LogP contribution in [0.4, 0.5) is 69.4 Å². The van der Waals surface area contributed by atoms with E-state index in [1.54, 1.807) is 57.5 Å². The number of rotatable bonds is 27. The van der Waals surface area contributed by atoms with Crippen molar-refractivity contribution in [3.05, 3.63) is 121 Å². The first kappa shape index (κ1) is 77.4. The first-order valence-electron chi connectivity index (χ1n) is 30.3. The first-order valence-corrected chi connectivity index (χ1v) is 30.3. The number of carboxylic acid groups (broad SMARTS) is 6. The molecule has 3 aromatic carbocycles. The Labute approximate surface area is 596 Å². The molecule has 100 heavy (non-hydrogen) atoms. The van der Waals surface area contributed by atoms with Gasteiger partial charge in [0, 0.05) is 113 Å². The molecule has 0 radical (unpaired) electrons. The molecule has 3 unspecified atom stereocenters. The average molecular weight is 1420 g/mol. The van der Waals surface area contributed by atoms with Crippen LogP contribution in [0.2, 0.25) is 0 Å². The molecule has 0 aliphatic carbocycles. The fourth-order valence-electron chi connectivity index (χ4n) is 10.2. The Hall–Kier alpha value is -11.6. The summed E-state index contributed by atoms with van der Waals surface area (Å²) in [4.78, 5) is 164. The quantitative estimate of drug-likeness (QED) is 0.0220. The van der Waals surface area contributed by atoms with Gasteiger partial charge in [0.05, 0.1) is 18.1 Å². The number of amides is 3. The van der Waals surface area contributed by atoms with Gasteiger partial charge in [-0.15, -0.1) is 0 Å². The Balaban J connectivity index is 0.000000235. The average Bonchev–Trinajstić information content (AvgIpc) is 0.802. The van der Waals surface area contributed by atoms with E-state index in [9.17, 15) is 72.9 Å². The number of carbonyl (C=O) groups excluding carboxylic acids is 5. The van der Waals surface area contributed by atoms with Gasteiger partial charge < -0.3 is 120 Å². The van der Waals surface area contributed by atoms with Gasteiger partial charge in [-0.1, -0.05) is 0 Å².